The lowest BCUT2D eigenvalue weighted by atomic mass is 9.77. The van der Waals surface area contributed by atoms with Gasteiger partial charge in [0.15, 0.2) is 12.2 Å². The van der Waals surface area contributed by atoms with Gasteiger partial charge in [-0.15, -0.1) is 0 Å². The fourth-order valence-corrected chi connectivity index (χ4v) is 4.00. The fraction of sp³-hybridized carbons (Fsp3) is 1.00. The molecule has 16 heteroatoms. The minimum Gasteiger partial charge on any atom is -0.247 e. The molecule has 2 saturated heterocycles. The first-order chi connectivity index (χ1) is 10.1. The Balaban J connectivity index is 2.58. The Kier molecular flexibility index (Phi) is 4.18. The third-order valence-electron chi connectivity index (χ3n) is 3.01. The van der Waals surface area contributed by atoms with Gasteiger partial charge in [-0.05, 0) is 0 Å². The smallest absolute Gasteiger partial charge is 0.247 e. The molecule has 2 atom stereocenters. The van der Waals surface area contributed by atoms with Gasteiger partial charge in [0.25, 0.3) is 0 Å². The summed E-state index contributed by atoms with van der Waals surface area (Å²) in [6.07, 6.45) is -18.4. The summed E-state index contributed by atoms with van der Waals surface area (Å²) in [5, 5.41) is 0. The van der Waals surface area contributed by atoms with Crippen LogP contribution < -0.4 is 0 Å². The summed E-state index contributed by atoms with van der Waals surface area (Å²) in [5.41, 5.74) is -3.33. The van der Waals surface area contributed by atoms with Gasteiger partial charge in [-0.3, -0.25) is 0 Å². The lowest BCUT2D eigenvalue weighted by molar-refractivity contribution is -0.314. The predicted octanol–water partition coefficient (Wildman–Crippen LogP) is 0.418. The molecule has 0 aromatic carbocycles. The lowest BCUT2D eigenvalue weighted by Gasteiger charge is -2.48. The van der Waals surface area contributed by atoms with Crippen molar-refractivity contribution >= 4 is 20.8 Å². The minimum absolute atomic E-state index is 1.71. The highest BCUT2D eigenvalue weighted by molar-refractivity contribution is 7.82. The van der Waals surface area contributed by atoms with Crippen LogP contribution in [0.2, 0.25) is 0 Å². The SMILES string of the molecule is O=S1(=O)OCC2(COS(=O)(=O)OC2C(F)(F)F)C(C(F)(F)F)O1. The zero-order chi connectivity index (χ0) is 17.9. The van der Waals surface area contributed by atoms with Gasteiger partial charge in [0.05, 0.1) is 18.6 Å². The van der Waals surface area contributed by atoms with Crippen LogP contribution in [0.3, 0.4) is 0 Å². The van der Waals surface area contributed by atoms with Crippen LogP contribution in [0.1, 0.15) is 0 Å². The molecular weight excluding hydrogens is 390 g/mol. The van der Waals surface area contributed by atoms with Gasteiger partial charge < -0.3 is 0 Å². The van der Waals surface area contributed by atoms with Crippen molar-refractivity contribution in [3.05, 3.63) is 0 Å². The summed E-state index contributed by atoms with van der Waals surface area (Å²) in [7, 11) is -10.5. The summed E-state index contributed by atoms with van der Waals surface area (Å²) in [4.78, 5) is 0. The molecular formula is C7H6F6O8S2. The Morgan fingerprint density at radius 1 is 0.739 bits per heavy atom. The Hall–Kier alpha value is -0.680. The van der Waals surface area contributed by atoms with Crippen LogP contribution in [0.5, 0.6) is 0 Å². The normalized spacial score (nSPS) is 37.7. The van der Waals surface area contributed by atoms with Crippen LogP contribution >= 0.6 is 0 Å². The lowest BCUT2D eigenvalue weighted by Crippen LogP contribution is -2.68. The van der Waals surface area contributed by atoms with Crippen LogP contribution in [0.25, 0.3) is 0 Å². The minimum atomic E-state index is -5.62. The molecule has 23 heavy (non-hydrogen) atoms. The fourth-order valence-electron chi connectivity index (χ4n) is 2.09. The topological polar surface area (TPSA) is 105 Å². The van der Waals surface area contributed by atoms with Crippen molar-refractivity contribution < 1.29 is 59.9 Å². The zero-order valence-electron chi connectivity index (χ0n) is 10.4. The number of hydrogen-bond acceptors (Lipinski definition) is 8. The van der Waals surface area contributed by atoms with Crippen molar-refractivity contribution in [1.29, 1.82) is 0 Å². The molecule has 0 aromatic heterocycles. The second kappa shape index (κ2) is 5.16. The first-order valence-corrected chi connectivity index (χ1v) is 8.04. The summed E-state index contributed by atoms with van der Waals surface area (Å²) in [5.74, 6) is 0. The summed E-state index contributed by atoms with van der Waals surface area (Å²) in [6, 6.07) is 0. The summed E-state index contributed by atoms with van der Waals surface area (Å²) >= 11 is 0. The maximum Gasteiger partial charge on any atom is 0.417 e. The predicted molar refractivity (Wildman–Crippen MR) is 54.0 cm³/mol. The van der Waals surface area contributed by atoms with E-state index in [0.29, 0.717) is 0 Å². The number of hydrogen-bond donors (Lipinski definition) is 0. The molecule has 0 radical (unpaired) electrons. The third-order valence-corrected chi connectivity index (χ3v) is 4.68. The van der Waals surface area contributed by atoms with Gasteiger partial charge in [-0.1, -0.05) is 0 Å². The molecule has 0 amide bonds. The maximum atomic E-state index is 13.0. The van der Waals surface area contributed by atoms with E-state index in [0.717, 1.165) is 0 Å². The van der Waals surface area contributed by atoms with Crippen molar-refractivity contribution in [1.82, 2.24) is 0 Å². The molecule has 0 aliphatic carbocycles. The van der Waals surface area contributed by atoms with Gasteiger partial charge in [0.1, 0.15) is 0 Å². The van der Waals surface area contributed by atoms with Crippen LogP contribution in [0.15, 0.2) is 0 Å². The van der Waals surface area contributed by atoms with E-state index in [-0.39, 0.29) is 0 Å². The summed E-state index contributed by atoms with van der Waals surface area (Å²) < 4.78 is 137. The first-order valence-electron chi connectivity index (χ1n) is 5.38. The van der Waals surface area contributed by atoms with E-state index in [2.05, 4.69) is 16.7 Å². The number of halogens is 6. The molecule has 2 rings (SSSR count). The molecule has 2 aliphatic rings. The largest absolute Gasteiger partial charge is 0.417 e. The monoisotopic (exact) mass is 396 g/mol. The molecule has 2 unspecified atom stereocenters. The second-order valence-electron chi connectivity index (χ2n) is 4.61. The standard InChI is InChI=1S/C7H6F6O8S2/c8-6(9,10)3-5(1-18-22(14,15)20-3)2-19-23(16,17)21-4(5)7(11,12)13/h3-4H,1-2H2. The average Bonchev–Trinajstić information content (AvgIpc) is 2.32. The van der Waals surface area contributed by atoms with Crippen LogP contribution in [0, 0.1) is 5.41 Å². The third kappa shape index (κ3) is 3.55. The van der Waals surface area contributed by atoms with Gasteiger partial charge >= 0.3 is 33.2 Å². The molecule has 0 bridgehead atoms. The highest BCUT2D eigenvalue weighted by atomic mass is 32.3. The van der Waals surface area contributed by atoms with Gasteiger partial charge in [-0.25, -0.2) is 16.7 Å². The van der Waals surface area contributed by atoms with Crippen LogP contribution in [-0.2, 0) is 37.5 Å². The van der Waals surface area contributed by atoms with E-state index in [1.165, 1.54) is 0 Å². The Labute approximate surface area is 124 Å². The van der Waals surface area contributed by atoms with E-state index in [1.807, 2.05) is 0 Å². The molecule has 2 heterocycles. The van der Waals surface area contributed by atoms with E-state index in [4.69, 9.17) is 0 Å². The van der Waals surface area contributed by atoms with Crippen molar-refractivity contribution in [2.24, 2.45) is 5.41 Å². The van der Waals surface area contributed by atoms with Crippen LogP contribution in [0.4, 0.5) is 26.3 Å². The van der Waals surface area contributed by atoms with Gasteiger partial charge in [-0.2, -0.15) is 43.2 Å². The highest BCUT2D eigenvalue weighted by Crippen LogP contribution is 2.51. The average molecular weight is 396 g/mol. The van der Waals surface area contributed by atoms with Crippen LogP contribution in [-0.4, -0.2) is 54.6 Å². The maximum absolute atomic E-state index is 13.0. The zero-order valence-corrected chi connectivity index (χ0v) is 12.1. The van der Waals surface area contributed by atoms with Crippen molar-refractivity contribution in [2.75, 3.05) is 13.2 Å². The molecule has 136 valence electrons. The van der Waals surface area contributed by atoms with Gasteiger partial charge in [0.2, 0.25) is 0 Å². The molecule has 1 spiro atoms. The van der Waals surface area contributed by atoms with Crippen molar-refractivity contribution in [2.45, 2.75) is 24.6 Å². The molecule has 0 N–H and O–H groups in total. The molecule has 0 aromatic rings. The molecule has 2 fully saturated rings. The second-order valence-corrected chi connectivity index (χ2v) is 7.10. The van der Waals surface area contributed by atoms with E-state index in [9.17, 15) is 43.2 Å². The van der Waals surface area contributed by atoms with E-state index >= 15 is 0 Å². The quantitative estimate of drug-likeness (QED) is 0.543. The molecule has 0 saturated carbocycles. The number of rotatable bonds is 0. The summed E-state index contributed by atoms with van der Waals surface area (Å²) in [6.45, 7) is -3.42. The van der Waals surface area contributed by atoms with Gasteiger partial charge in [0, 0.05) is 0 Å². The van der Waals surface area contributed by atoms with E-state index < -0.39 is 64.0 Å². The Morgan fingerprint density at radius 2 is 1.04 bits per heavy atom. The molecule has 2 aliphatic heterocycles. The van der Waals surface area contributed by atoms with E-state index in [1.54, 1.807) is 0 Å². The Bertz CT molecular complexity index is 619. The molecule has 8 nitrogen and oxygen atoms in total. The van der Waals surface area contributed by atoms with Crippen molar-refractivity contribution in [3.63, 3.8) is 0 Å². The highest BCUT2D eigenvalue weighted by Gasteiger charge is 2.72. The first kappa shape index (κ1) is 18.7. The number of alkyl halides is 6. The Morgan fingerprint density at radius 3 is 1.30 bits per heavy atom. The van der Waals surface area contributed by atoms with Crippen molar-refractivity contribution in [3.8, 4) is 0 Å².